The Morgan fingerprint density at radius 1 is 1.09 bits per heavy atom. The highest BCUT2D eigenvalue weighted by Crippen LogP contribution is 2.39. The molecule has 0 saturated heterocycles. The number of carbonyl (C=O) groups excluding carboxylic acids is 1. The second-order valence-corrected chi connectivity index (χ2v) is 4.33. The van der Waals surface area contributed by atoms with Crippen molar-refractivity contribution in [2.24, 2.45) is 0 Å². The number of carbonyl (C=O) groups is 1. The summed E-state index contributed by atoms with van der Waals surface area (Å²) in [4.78, 5) is 13.8. The fraction of sp³-hybridized carbons (Fsp3) is 0.312. The molecular weight excluding hydrogens is 284 g/mol. The molecule has 120 valence electrons. The van der Waals surface area contributed by atoms with Crippen LogP contribution < -0.4 is 19.5 Å². The van der Waals surface area contributed by atoms with Gasteiger partial charge in [-0.1, -0.05) is 12.2 Å². The van der Waals surface area contributed by atoms with E-state index in [2.05, 4.69) is 18.5 Å². The first kappa shape index (κ1) is 17.4. The minimum atomic E-state index is -0.269. The second-order valence-electron chi connectivity index (χ2n) is 4.33. The third kappa shape index (κ3) is 4.18. The second kappa shape index (κ2) is 8.61. The number of ether oxygens (including phenoxy) is 3. The van der Waals surface area contributed by atoms with Crippen LogP contribution in [0.25, 0.3) is 0 Å². The molecule has 6 nitrogen and oxygen atoms in total. The fourth-order valence-electron chi connectivity index (χ4n) is 1.91. The van der Waals surface area contributed by atoms with Gasteiger partial charge in [-0.2, -0.15) is 0 Å². The highest BCUT2D eigenvalue weighted by Gasteiger charge is 2.16. The molecule has 0 atom stereocenters. The summed E-state index contributed by atoms with van der Waals surface area (Å²) < 4.78 is 15.8. The number of hydrogen-bond acceptors (Lipinski definition) is 4. The average Bonchev–Trinajstić information content (AvgIpc) is 2.53. The van der Waals surface area contributed by atoms with Crippen molar-refractivity contribution in [2.45, 2.75) is 0 Å². The Kier molecular flexibility index (Phi) is 6.82. The Labute approximate surface area is 131 Å². The highest BCUT2D eigenvalue weighted by atomic mass is 16.5. The number of methoxy groups -OCH3 is 3. The van der Waals surface area contributed by atoms with E-state index in [0.717, 1.165) is 0 Å². The van der Waals surface area contributed by atoms with E-state index in [1.165, 1.54) is 21.3 Å². The molecule has 0 radical (unpaired) electrons. The highest BCUT2D eigenvalue weighted by molar-refractivity contribution is 5.90. The molecule has 1 N–H and O–H groups in total. The molecule has 0 saturated carbocycles. The number of amides is 2. The third-order valence-corrected chi connectivity index (χ3v) is 2.90. The van der Waals surface area contributed by atoms with Crippen molar-refractivity contribution >= 4 is 11.7 Å². The number of benzene rings is 1. The Hall–Kier alpha value is -2.63. The lowest BCUT2D eigenvalue weighted by molar-refractivity contribution is 0.222. The number of nitrogens with one attached hydrogen (secondary N) is 1. The molecule has 1 aromatic carbocycles. The van der Waals surface area contributed by atoms with Crippen molar-refractivity contribution in [3.05, 3.63) is 37.4 Å². The largest absolute Gasteiger partial charge is 0.493 e. The maximum atomic E-state index is 12.3. The molecule has 0 bridgehead atoms. The van der Waals surface area contributed by atoms with Crippen LogP contribution in [0.2, 0.25) is 0 Å². The molecule has 1 aromatic rings. The van der Waals surface area contributed by atoms with Gasteiger partial charge in [-0.25, -0.2) is 4.79 Å². The molecule has 2 amide bonds. The summed E-state index contributed by atoms with van der Waals surface area (Å²) in [6.07, 6.45) is 3.30. The number of anilines is 1. The van der Waals surface area contributed by atoms with E-state index < -0.39 is 0 Å². The van der Waals surface area contributed by atoms with Crippen LogP contribution in [-0.4, -0.2) is 45.3 Å². The summed E-state index contributed by atoms with van der Waals surface area (Å²) in [6, 6.07) is 3.06. The van der Waals surface area contributed by atoms with Gasteiger partial charge < -0.3 is 24.4 Å². The van der Waals surface area contributed by atoms with E-state index in [9.17, 15) is 4.79 Å². The van der Waals surface area contributed by atoms with E-state index in [1.807, 2.05) is 0 Å². The fourth-order valence-corrected chi connectivity index (χ4v) is 1.91. The van der Waals surface area contributed by atoms with Crippen molar-refractivity contribution < 1.29 is 19.0 Å². The van der Waals surface area contributed by atoms with Gasteiger partial charge in [-0.05, 0) is 0 Å². The van der Waals surface area contributed by atoms with Gasteiger partial charge in [0.05, 0.1) is 27.0 Å². The molecular formula is C16H22N2O4. The van der Waals surface area contributed by atoms with Crippen LogP contribution in [0.4, 0.5) is 10.5 Å². The number of nitrogens with zero attached hydrogens (tertiary/aromatic N) is 1. The van der Waals surface area contributed by atoms with Crippen molar-refractivity contribution in [3.8, 4) is 17.2 Å². The maximum Gasteiger partial charge on any atom is 0.322 e. The number of urea groups is 1. The van der Waals surface area contributed by atoms with Crippen LogP contribution >= 0.6 is 0 Å². The van der Waals surface area contributed by atoms with Crippen LogP contribution in [0.5, 0.6) is 17.2 Å². The van der Waals surface area contributed by atoms with E-state index in [1.54, 1.807) is 29.2 Å². The Balaban J connectivity index is 3.03. The van der Waals surface area contributed by atoms with Crippen LogP contribution in [-0.2, 0) is 0 Å². The average molecular weight is 306 g/mol. The zero-order valence-electron chi connectivity index (χ0n) is 13.2. The van der Waals surface area contributed by atoms with Crippen LogP contribution in [0.1, 0.15) is 0 Å². The van der Waals surface area contributed by atoms with Crippen LogP contribution in [0.3, 0.4) is 0 Å². The Bertz CT molecular complexity index is 508. The lowest BCUT2D eigenvalue weighted by atomic mass is 10.2. The van der Waals surface area contributed by atoms with Gasteiger partial charge in [0.25, 0.3) is 0 Å². The minimum Gasteiger partial charge on any atom is -0.493 e. The first-order valence-electron chi connectivity index (χ1n) is 6.68. The normalized spacial score (nSPS) is 9.59. The van der Waals surface area contributed by atoms with E-state index in [-0.39, 0.29) is 6.03 Å². The SMILES string of the molecule is C=CCN(CC=C)C(=O)Nc1cc(OC)c(OC)c(OC)c1. The molecule has 0 spiro atoms. The van der Waals surface area contributed by atoms with Gasteiger partial charge in [0.15, 0.2) is 11.5 Å². The third-order valence-electron chi connectivity index (χ3n) is 2.90. The first-order chi connectivity index (χ1) is 10.6. The number of rotatable bonds is 8. The predicted molar refractivity (Wildman–Crippen MR) is 87.1 cm³/mol. The summed E-state index contributed by atoms with van der Waals surface area (Å²) in [6.45, 7) is 8.11. The van der Waals surface area contributed by atoms with Gasteiger partial charge in [0, 0.05) is 25.2 Å². The molecule has 6 heteroatoms. The topological polar surface area (TPSA) is 60.0 Å². The molecule has 0 heterocycles. The molecule has 0 fully saturated rings. The Morgan fingerprint density at radius 3 is 1.95 bits per heavy atom. The molecule has 0 aliphatic rings. The minimum absolute atomic E-state index is 0.269. The van der Waals surface area contributed by atoms with Crippen molar-refractivity contribution in [1.82, 2.24) is 4.90 Å². The summed E-state index contributed by atoms with van der Waals surface area (Å²) >= 11 is 0. The zero-order valence-corrected chi connectivity index (χ0v) is 13.2. The van der Waals surface area contributed by atoms with Gasteiger partial charge >= 0.3 is 6.03 Å². The zero-order chi connectivity index (χ0) is 16.5. The van der Waals surface area contributed by atoms with Crippen LogP contribution in [0, 0.1) is 0 Å². The molecule has 0 unspecified atom stereocenters. The molecule has 22 heavy (non-hydrogen) atoms. The quantitative estimate of drug-likeness (QED) is 0.750. The van der Waals surface area contributed by atoms with E-state index in [4.69, 9.17) is 14.2 Å². The monoisotopic (exact) mass is 306 g/mol. The predicted octanol–water partition coefficient (Wildman–Crippen LogP) is 2.92. The molecule has 1 rings (SSSR count). The summed E-state index contributed by atoms with van der Waals surface area (Å²) in [5, 5.41) is 2.79. The van der Waals surface area contributed by atoms with Crippen molar-refractivity contribution in [2.75, 3.05) is 39.7 Å². The first-order valence-corrected chi connectivity index (χ1v) is 6.68. The summed E-state index contributed by atoms with van der Waals surface area (Å²) in [5.74, 6) is 1.41. The standard InChI is InChI=1S/C16H22N2O4/c1-6-8-18(9-7-2)16(19)17-12-10-13(20-3)15(22-5)14(11-12)21-4/h6-7,10-11H,1-2,8-9H2,3-5H3,(H,17,19). The van der Waals surface area contributed by atoms with Gasteiger partial charge in [-0.3, -0.25) is 0 Å². The van der Waals surface area contributed by atoms with E-state index in [0.29, 0.717) is 36.0 Å². The van der Waals surface area contributed by atoms with Gasteiger partial charge in [-0.15, -0.1) is 13.2 Å². The number of hydrogen-bond donors (Lipinski definition) is 1. The summed E-state index contributed by atoms with van der Waals surface area (Å²) in [5.41, 5.74) is 0.539. The Morgan fingerprint density at radius 2 is 1.59 bits per heavy atom. The molecule has 0 aliphatic carbocycles. The summed E-state index contributed by atoms with van der Waals surface area (Å²) in [7, 11) is 4.56. The lowest BCUT2D eigenvalue weighted by Crippen LogP contribution is -2.35. The van der Waals surface area contributed by atoms with Crippen molar-refractivity contribution in [1.29, 1.82) is 0 Å². The maximum absolute atomic E-state index is 12.3. The van der Waals surface area contributed by atoms with E-state index >= 15 is 0 Å². The lowest BCUT2D eigenvalue weighted by Gasteiger charge is -2.21. The smallest absolute Gasteiger partial charge is 0.322 e. The van der Waals surface area contributed by atoms with Gasteiger partial charge in [0.1, 0.15) is 0 Å². The molecule has 0 aromatic heterocycles. The molecule has 0 aliphatic heterocycles. The van der Waals surface area contributed by atoms with Gasteiger partial charge in [0.2, 0.25) is 5.75 Å². The van der Waals surface area contributed by atoms with Crippen molar-refractivity contribution in [3.63, 3.8) is 0 Å². The van der Waals surface area contributed by atoms with Crippen LogP contribution in [0.15, 0.2) is 37.4 Å².